The van der Waals surface area contributed by atoms with Crippen LogP contribution >= 0.6 is 0 Å². The van der Waals surface area contributed by atoms with E-state index in [1.807, 2.05) is 0 Å². The number of hydrogen-bond donors (Lipinski definition) is 0. The van der Waals surface area contributed by atoms with Crippen molar-refractivity contribution in [2.45, 2.75) is 19.4 Å². The van der Waals surface area contributed by atoms with E-state index >= 15 is 0 Å². The zero-order valence-corrected chi connectivity index (χ0v) is 5.97. The number of rotatable bonds is 5. The van der Waals surface area contributed by atoms with E-state index in [0.717, 1.165) is 13.0 Å². The van der Waals surface area contributed by atoms with Crippen molar-refractivity contribution < 1.29 is 4.74 Å². The standard InChI is InChI=1S/C8H14O/c1-4-7-9-8(5-2)6-3/h5-6,8H,2-4,7H2,1H3. The molecule has 0 rings (SSSR count). The van der Waals surface area contributed by atoms with Gasteiger partial charge in [0, 0.05) is 6.61 Å². The van der Waals surface area contributed by atoms with Crippen molar-refractivity contribution in [3.05, 3.63) is 25.3 Å². The molecule has 1 nitrogen and oxygen atoms in total. The molecule has 0 spiro atoms. The molecule has 0 saturated carbocycles. The van der Waals surface area contributed by atoms with Gasteiger partial charge in [-0.25, -0.2) is 0 Å². The minimum absolute atomic E-state index is 0.0324. The van der Waals surface area contributed by atoms with Gasteiger partial charge in [-0.05, 0) is 6.42 Å². The molecule has 1 heteroatoms. The normalized spacial score (nSPS) is 9.56. The van der Waals surface area contributed by atoms with E-state index in [2.05, 4.69) is 20.1 Å². The van der Waals surface area contributed by atoms with Gasteiger partial charge in [-0.3, -0.25) is 0 Å². The molecule has 0 N–H and O–H groups in total. The lowest BCUT2D eigenvalue weighted by Crippen LogP contribution is -2.05. The maximum atomic E-state index is 5.25. The minimum atomic E-state index is 0.0324. The average Bonchev–Trinajstić information content (AvgIpc) is 1.91. The summed E-state index contributed by atoms with van der Waals surface area (Å²) in [4.78, 5) is 0. The Bertz CT molecular complexity index is 78.6. The molecule has 0 amide bonds. The van der Waals surface area contributed by atoms with Crippen LogP contribution in [0.15, 0.2) is 25.3 Å². The molecule has 0 aliphatic rings. The Kier molecular flexibility index (Phi) is 5.23. The number of ether oxygens (including phenoxy) is 1. The fourth-order valence-corrected chi connectivity index (χ4v) is 0.486. The van der Waals surface area contributed by atoms with Crippen molar-refractivity contribution >= 4 is 0 Å². The molecule has 0 aromatic heterocycles. The Morgan fingerprint density at radius 2 is 2.00 bits per heavy atom. The van der Waals surface area contributed by atoms with Gasteiger partial charge < -0.3 is 4.74 Å². The predicted octanol–water partition coefficient (Wildman–Crippen LogP) is 2.15. The van der Waals surface area contributed by atoms with Crippen LogP contribution in [-0.2, 0) is 4.74 Å². The largest absolute Gasteiger partial charge is 0.370 e. The van der Waals surface area contributed by atoms with Gasteiger partial charge in [-0.2, -0.15) is 0 Å². The first kappa shape index (κ1) is 8.44. The van der Waals surface area contributed by atoms with Gasteiger partial charge >= 0.3 is 0 Å². The van der Waals surface area contributed by atoms with Gasteiger partial charge in [0.05, 0.1) is 6.10 Å². The Morgan fingerprint density at radius 1 is 1.44 bits per heavy atom. The van der Waals surface area contributed by atoms with Crippen LogP contribution in [0.4, 0.5) is 0 Å². The lowest BCUT2D eigenvalue weighted by molar-refractivity contribution is 0.116. The first-order valence-corrected chi connectivity index (χ1v) is 3.21. The molecule has 0 heterocycles. The first-order chi connectivity index (χ1) is 4.35. The minimum Gasteiger partial charge on any atom is -0.370 e. The molecule has 0 fully saturated rings. The molecular weight excluding hydrogens is 112 g/mol. The van der Waals surface area contributed by atoms with E-state index < -0.39 is 0 Å². The third-order valence-corrected chi connectivity index (χ3v) is 0.979. The van der Waals surface area contributed by atoms with Crippen LogP contribution in [-0.4, -0.2) is 12.7 Å². The first-order valence-electron chi connectivity index (χ1n) is 3.21. The van der Waals surface area contributed by atoms with Crippen LogP contribution in [0, 0.1) is 0 Å². The van der Waals surface area contributed by atoms with Crippen LogP contribution in [0.25, 0.3) is 0 Å². The van der Waals surface area contributed by atoms with Crippen molar-refractivity contribution in [3.63, 3.8) is 0 Å². The molecule has 0 radical (unpaired) electrons. The van der Waals surface area contributed by atoms with E-state index in [4.69, 9.17) is 4.74 Å². The molecule has 0 aliphatic heterocycles. The van der Waals surface area contributed by atoms with Crippen molar-refractivity contribution in [1.82, 2.24) is 0 Å². The van der Waals surface area contributed by atoms with Gasteiger partial charge in [-0.15, -0.1) is 13.2 Å². The van der Waals surface area contributed by atoms with Crippen molar-refractivity contribution in [1.29, 1.82) is 0 Å². The summed E-state index contributed by atoms with van der Waals surface area (Å²) in [6.07, 6.45) is 4.55. The summed E-state index contributed by atoms with van der Waals surface area (Å²) >= 11 is 0. The second-order valence-corrected chi connectivity index (χ2v) is 1.81. The highest BCUT2D eigenvalue weighted by molar-refractivity contribution is 4.93. The van der Waals surface area contributed by atoms with Crippen LogP contribution in [0.3, 0.4) is 0 Å². The van der Waals surface area contributed by atoms with Crippen LogP contribution < -0.4 is 0 Å². The van der Waals surface area contributed by atoms with E-state index in [1.54, 1.807) is 12.2 Å². The van der Waals surface area contributed by atoms with Crippen LogP contribution in [0.5, 0.6) is 0 Å². The van der Waals surface area contributed by atoms with Crippen LogP contribution in [0.1, 0.15) is 13.3 Å². The molecule has 0 aromatic carbocycles. The zero-order chi connectivity index (χ0) is 7.11. The van der Waals surface area contributed by atoms with E-state index in [1.165, 1.54) is 0 Å². The lowest BCUT2D eigenvalue weighted by Gasteiger charge is -2.06. The molecule has 0 aliphatic carbocycles. The summed E-state index contributed by atoms with van der Waals surface area (Å²) < 4.78 is 5.25. The zero-order valence-electron chi connectivity index (χ0n) is 5.97. The molecule has 0 bridgehead atoms. The van der Waals surface area contributed by atoms with Gasteiger partial charge in [0.25, 0.3) is 0 Å². The van der Waals surface area contributed by atoms with E-state index in [9.17, 15) is 0 Å². The van der Waals surface area contributed by atoms with Crippen molar-refractivity contribution in [3.8, 4) is 0 Å². The highest BCUT2D eigenvalue weighted by atomic mass is 16.5. The van der Waals surface area contributed by atoms with Crippen LogP contribution in [0.2, 0.25) is 0 Å². The number of hydrogen-bond acceptors (Lipinski definition) is 1. The highest BCUT2D eigenvalue weighted by Gasteiger charge is 1.93. The molecule has 0 unspecified atom stereocenters. The fourth-order valence-electron chi connectivity index (χ4n) is 0.486. The maximum absolute atomic E-state index is 5.25. The second-order valence-electron chi connectivity index (χ2n) is 1.81. The molecule has 52 valence electrons. The SMILES string of the molecule is C=CC(C=C)OCCC. The Hall–Kier alpha value is -0.560. The lowest BCUT2D eigenvalue weighted by atomic mass is 10.3. The van der Waals surface area contributed by atoms with Gasteiger partial charge in [0.1, 0.15) is 0 Å². The summed E-state index contributed by atoms with van der Waals surface area (Å²) in [6.45, 7) is 10.0. The summed E-state index contributed by atoms with van der Waals surface area (Å²) in [5, 5.41) is 0. The smallest absolute Gasteiger partial charge is 0.0932 e. The Labute approximate surface area is 57.0 Å². The van der Waals surface area contributed by atoms with Crippen molar-refractivity contribution in [2.24, 2.45) is 0 Å². The van der Waals surface area contributed by atoms with Crippen molar-refractivity contribution in [2.75, 3.05) is 6.61 Å². The van der Waals surface area contributed by atoms with E-state index in [-0.39, 0.29) is 6.10 Å². The maximum Gasteiger partial charge on any atom is 0.0932 e. The predicted molar refractivity (Wildman–Crippen MR) is 40.4 cm³/mol. The third kappa shape index (κ3) is 3.98. The summed E-state index contributed by atoms with van der Waals surface area (Å²) in [5.74, 6) is 0. The van der Waals surface area contributed by atoms with Gasteiger partial charge in [0.15, 0.2) is 0 Å². The Balaban J connectivity index is 3.30. The van der Waals surface area contributed by atoms with Gasteiger partial charge in [-0.1, -0.05) is 19.1 Å². The monoisotopic (exact) mass is 126 g/mol. The molecular formula is C8H14O. The molecule has 0 saturated heterocycles. The summed E-state index contributed by atoms with van der Waals surface area (Å²) in [7, 11) is 0. The molecule has 0 atom stereocenters. The topological polar surface area (TPSA) is 9.23 Å². The van der Waals surface area contributed by atoms with Gasteiger partial charge in [0.2, 0.25) is 0 Å². The summed E-state index contributed by atoms with van der Waals surface area (Å²) in [6, 6.07) is 0. The van der Waals surface area contributed by atoms with E-state index in [0.29, 0.717) is 0 Å². The quantitative estimate of drug-likeness (QED) is 0.513. The third-order valence-electron chi connectivity index (χ3n) is 0.979. The average molecular weight is 126 g/mol. The molecule has 0 aromatic rings. The molecule has 9 heavy (non-hydrogen) atoms. The fraction of sp³-hybridized carbons (Fsp3) is 0.500. The second kappa shape index (κ2) is 5.57. The summed E-state index contributed by atoms with van der Waals surface area (Å²) in [5.41, 5.74) is 0. The Morgan fingerprint density at radius 3 is 2.33 bits per heavy atom. The highest BCUT2D eigenvalue weighted by Crippen LogP contribution is 1.94.